The van der Waals surface area contributed by atoms with Crippen molar-refractivity contribution in [3.8, 4) is 0 Å². The third-order valence-corrected chi connectivity index (χ3v) is 4.82. The number of aliphatic hydroxyl groups is 1. The number of β-amino-alcohol motifs (C(OH)–C–C–N with tert-alkyl or cyclic N) is 1. The van der Waals surface area contributed by atoms with Crippen LogP contribution in [-0.2, 0) is 4.79 Å². The van der Waals surface area contributed by atoms with Crippen molar-refractivity contribution in [1.29, 1.82) is 0 Å². The van der Waals surface area contributed by atoms with Gasteiger partial charge in [0.2, 0.25) is 5.91 Å². The van der Waals surface area contributed by atoms with Crippen LogP contribution in [0.25, 0.3) is 0 Å². The van der Waals surface area contributed by atoms with E-state index < -0.39 is 0 Å². The summed E-state index contributed by atoms with van der Waals surface area (Å²) in [6.45, 7) is 5.07. The predicted molar refractivity (Wildman–Crippen MR) is 90.0 cm³/mol. The lowest BCUT2D eigenvalue weighted by Crippen LogP contribution is -2.50. The van der Waals surface area contributed by atoms with Gasteiger partial charge in [0.25, 0.3) is 0 Å². The highest BCUT2D eigenvalue weighted by atomic mass is 16.3. The van der Waals surface area contributed by atoms with Gasteiger partial charge in [0, 0.05) is 32.7 Å². The number of nitrogens with zero attached hydrogens (tertiary/aromatic N) is 2. The average molecular weight is 317 g/mol. The van der Waals surface area contributed by atoms with Gasteiger partial charge in [-0.3, -0.25) is 14.6 Å². The normalized spacial score (nSPS) is 21.1. The molecule has 0 aromatic heterocycles. The number of rotatable bonds is 7. The quantitative estimate of drug-likeness (QED) is 0.783. The van der Waals surface area contributed by atoms with Crippen LogP contribution >= 0.6 is 0 Å². The Kier molecular flexibility index (Phi) is 5.65. The van der Waals surface area contributed by atoms with Gasteiger partial charge >= 0.3 is 0 Å². The Morgan fingerprint density at radius 2 is 1.78 bits per heavy atom. The molecule has 1 saturated carbocycles. The first-order chi connectivity index (χ1) is 11.3. The summed E-state index contributed by atoms with van der Waals surface area (Å²) in [4.78, 5) is 16.9. The SMILES string of the molecule is O=C(CN1CCN(CCO)CC1)NC(c1ccccc1)C1CC1. The number of benzene rings is 1. The second kappa shape index (κ2) is 7.90. The third kappa shape index (κ3) is 4.77. The highest BCUT2D eigenvalue weighted by Crippen LogP contribution is 2.40. The Morgan fingerprint density at radius 1 is 1.13 bits per heavy atom. The second-order valence-electron chi connectivity index (χ2n) is 6.63. The summed E-state index contributed by atoms with van der Waals surface area (Å²) in [5.41, 5.74) is 1.22. The Labute approximate surface area is 138 Å². The molecule has 1 saturated heterocycles. The van der Waals surface area contributed by atoms with Crippen LogP contribution in [0, 0.1) is 5.92 Å². The molecule has 23 heavy (non-hydrogen) atoms. The maximum Gasteiger partial charge on any atom is 0.234 e. The molecule has 3 rings (SSSR count). The van der Waals surface area contributed by atoms with Gasteiger partial charge in [-0.05, 0) is 24.3 Å². The summed E-state index contributed by atoms with van der Waals surface area (Å²) >= 11 is 0. The fraction of sp³-hybridized carbons (Fsp3) is 0.611. The highest BCUT2D eigenvalue weighted by molar-refractivity contribution is 5.78. The molecule has 1 aliphatic heterocycles. The van der Waals surface area contributed by atoms with Crippen LogP contribution in [0.1, 0.15) is 24.4 Å². The molecule has 1 atom stereocenters. The number of aliphatic hydroxyl groups excluding tert-OH is 1. The zero-order valence-electron chi connectivity index (χ0n) is 13.7. The second-order valence-corrected chi connectivity index (χ2v) is 6.63. The average Bonchev–Trinajstić information content (AvgIpc) is 3.40. The molecule has 0 bridgehead atoms. The minimum atomic E-state index is 0.126. The standard InChI is InChI=1S/C18H27N3O2/c22-13-12-20-8-10-21(11-9-20)14-17(23)19-18(16-6-7-16)15-4-2-1-3-5-15/h1-5,16,18,22H,6-14H2,(H,19,23). The number of carbonyl (C=O) groups is 1. The maximum atomic E-state index is 12.4. The molecule has 1 aliphatic carbocycles. The van der Waals surface area contributed by atoms with Gasteiger partial charge in [-0.15, -0.1) is 0 Å². The van der Waals surface area contributed by atoms with E-state index in [4.69, 9.17) is 5.11 Å². The van der Waals surface area contributed by atoms with Crippen LogP contribution in [0.3, 0.4) is 0 Å². The van der Waals surface area contributed by atoms with Crippen molar-refractivity contribution in [2.75, 3.05) is 45.9 Å². The molecule has 0 spiro atoms. The lowest BCUT2D eigenvalue weighted by Gasteiger charge is -2.34. The number of amides is 1. The third-order valence-electron chi connectivity index (χ3n) is 4.82. The Bertz CT molecular complexity index is 496. The number of piperazine rings is 1. The van der Waals surface area contributed by atoms with Gasteiger partial charge in [0.15, 0.2) is 0 Å². The minimum absolute atomic E-state index is 0.126. The molecule has 5 heteroatoms. The van der Waals surface area contributed by atoms with E-state index in [1.165, 1.54) is 18.4 Å². The number of nitrogens with one attached hydrogen (secondary N) is 1. The van der Waals surface area contributed by atoms with Crippen LogP contribution in [0.5, 0.6) is 0 Å². The van der Waals surface area contributed by atoms with Crippen molar-refractivity contribution >= 4 is 5.91 Å². The van der Waals surface area contributed by atoms with E-state index in [1.54, 1.807) is 0 Å². The fourth-order valence-corrected chi connectivity index (χ4v) is 3.30. The minimum Gasteiger partial charge on any atom is -0.395 e. The summed E-state index contributed by atoms with van der Waals surface area (Å²) in [6.07, 6.45) is 2.42. The number of carbonyl (C=O) groups excluding carboxylic acids is 1. The van der Waals surface area contributed by atoms with E-state index in [0.29, 0.717) is 12.5 Å². The van der Waals surface area contributed by atoms with Crippen LogP contribution < -0.4 is 5.32 Å². The lowest BCUT2D eigenvalue weighted by molar-refractivity contribution is -0.123. The summed E-state index contributed by atoms with van der Waals surface area (Å²) < 4.78 is 0. The fourth-order valence-electron chi connectivity index (χ4n) is 3.30. The molecule has 1 unspecified atom stereocenters. The number of hydrogen-bond donors (Lipinski definition) is 2. The van der Waals surface area contributed by atoms with Crippen LogP contribution in [0.4, 0.5) is 0 Å². The van der Waals surface area contributed by atoms with Crippen molar-refractivity contribution in [3.63, 3.8) is 0 Å². The van der Waals surface area contributed by atoms with Gasteiger partial charge < -0.3 is 10.4 Å². The van der Waals surface area contributed by atoms with Crippen molar-refractivity contribution in [1.82, 2.24) is 15.1 Å². The Hall–Kier alpha value is -1.43. The van der Waals surface area contributed by atoms with Crippen molar-refractivity contribution in [3.05, 3.63) is 35.9 Å². The van der Waals surface area contributed by atoms with Gasteiger partial charge in [0.1, 0.15) is 0 Å². The molecule has 1 aromatic rings. The van der Waals surface area contributed by atoms with E-state index >= 15 is 0 Å². The van der Waals surface area contributed by atoms with Gasteiger partial charge in [0.05, 0.1) is 19.2 Å². The predicted octanol–water partition coefficient (Wildman–Crippen LogP) is 0.864. The van der Waals surface area contributed by atoms with E-state index in [1.807, 2.05) is 18.2 Å². The molecule has 1 aromatic carbocycles. The molecule has 5 nitrogen and oxygen atoms in total. The van der Waals surface area contributed by atoms with Crippen molar-refractivity contribution in [2.45, 2.75) is 18.9 Å². The summed E-state index contributed by atoms with van der Waals surface area (Å²) in [5.74, 6) is 0.726. The van der Waals surface area contributed by atoms with E-state index in [2.05, 4.69) is 27.2 Å². The molecule has 126 valence electrons. The first kappa shape index (κ1) is 16.4. The monoisotopic (exact) mass is 317 g/mol. The van der Waals surface area contributed by atoms with E-state index in [-0.39, 0.29) is 18.6 Å². The van der Waals surface area contributed by atoms with Crippen LogP contribution in [0.2, 0.25) is 0 Å². The van der Waals surface area contributed by atoms with Crippen LogP contribution in [-0.4, -0.2) is 66.7 Å². The zero-order chi connectivity index (χ0) is 16.1. The molecule has 2 N–H and O–H groups in total. The maximum absolute atomic E-state index is 12.4. The van der Waals surface area contributed by atoms with Gasteiger partial charge in [-0.1, -0.05) is 30.3 Å². The van der Waals surface area contributed by atoms with Gasteiger partial charge in [-0.25, -0.2) is 0 Å². The highest BCUT2D eigenvalue weighted by Gasteiger charge is 2.33. The smallest absolute Gasteiger partial charge is 0.234 e. The van der Waals surface area contributed by atoms with E-state index in [9.17, 15) is 4.79 Å². The largest absolute Gasteiger partial charge is 0.395 e. The Morgan fingerprint density at radius 3 is 2.39 bits per heavy atom. The molecule has 1 amide bonds. The molecule has 2 fully saturated rings. The molecule has 1 heterocycles. The molecule has 0 radical (unpaired) electrons. The first-order valence-corrected chi connectivity index (χ1v) is 8.66. The number of hydrogen-bond acceptors (Lipinski definition) is 4. The summed E-state index contributed by atoms with van der Waals surface area (Å²) in [5, 5.41) is 12.2. The first-order valence-electron chi connectivity index (χ1n) is 8.66. The van der Waals surface area contributed by atoms with Gasteiger partial charge in [-0.2, -0.15) is 0 Å². The summed E-state index contributed by atoms with van der Waals surface area (Å²) in [7, 11) is 0. The summed E-state index contributed by atoms with van der Waals surface area (Å²) in [6, 6.07) is 10.5. The zero-order valence-corrected chi connectivity index (χ0v) is 13.7. The molecular weight excluding hydrogens is 290 g/mol. The molecular formula is C18H27N3O2. The molecule has 2 aliphatic rings. The van der Waals surface area contributed by atoms with E-state index in [0.717, 1.165) is 32.7 Å². The van der Waals surface area contributed by atoms with Crippen molar-refractivity contribution in [2.24, 2.45) is 5.92 Å². The Balaban J connectivity index is 1.48. The van der Waals surface area contributed by atoms with Crippen molar-refractivity contribution < 1.29 is 9.90 Å². The van der Waals surface area contributed by atoms with Crippen LogP contribution in [0.15, 0.2) is 30.3 Å². The topological polar surface area (TPSA) is 55.8 Å². The lowest BCUT2D eigenvalue weighted by atomic mass is 10.0.